The van der Waals surface area contributed by atoms with Gasteiger partial charge in [0.2, 0.25) is 0 Å². The van der Waals surface area contributed by atoms with E-state index in [0.717, 1.165) is 39.5 Å². The number of fused-ring (bicyclic) bond motifs is 2. The molecule has 1 unspecified atom stereocenters. The Hall–Kier alpha value is -3.47. The molecule has 1 aliphatic rings. The van der Waals surface area contributed by atoms with Crippen LogP contribution in [0.3, 0.4) is 0 Å². The summed E-state index contributed by atoms with van der Waals surface area (Å²) in [7, 11) is 0. The first-order valence-corrected chi connectivity index (χ1v) is 9.84. The van der Waals surface area contributed by atoms with Crippen LogP contribution in [0.15, 0.2) is 67.0 Å². The minimum Gasteiger partial charge on any atom is -0.486 e. The highest BCUT2D eigenvalue weighted by molar-refractivity contribution is 5.98. The first-order valence-electron chi connectivity index (χ1n) is 9.84. The van der Waals surface area contributed by atoms with Crippen LogP contribution in [0.4, 0.5) is 0 Å². The van der Waals surface area contributed by atoms with Crippen LogP contribution in [0.5, 0.6) is 5.75 Å². The molecule has 1 aliphatic heterocycles. The lowest BCUT2D eigenvalue weighted by Gasteiger charge is -2.18. The monoisotopic (exact) mass is 383 g/mol. The third kappa shape index (κ3) is 3.29. The maximum absolute atomic E-state index is 13.0. The van der Waals surface area contributed by atoms with Crippen LogP contribution in [0, 0.1) is 6.92 Å². The van der Waals surface area contributed by atoms with Crippen molar-refractivity contribution >= 4 is 27.7 Å². The van der Waals surface area contributed by atoms with E-state index in [1.54, 1.807) is 12.4 Å². The van der Waals surface area contributed by atoms with E-state index in [0.29, 0.717) is 18.7 Å². The third-order valence-electron chi connectivity index (χ3n) is 5.53. The van der Waals surface area contributed by atoms with Gasteiger partial charge in [0.25, 0.3) is 5.91 Å². The number of carbonyl (C=O) groups is 1. The van der Waals surface area contributed by atoms with Crippen molar-refractivity contribution in [2.75, 3.05) is 13.1 Å². The molecule has 5 rings (SSSR count). The van der Waals surface area contributed by atoms with Gasteiger partial charge in [0.1, 0.15) is 17.4 Å². The second-order valence-electron chi connectivity index (χ2n) is 7.47. The van der Waals surface area contributed by atoms with Gasteiger partial charge in [0.05, 0.1) is 12.1 Å². The summed E-state index contributed by atoms with van der Waals surface area (Å²) in [4.78, 5) is 23.7. The van der Waals surface area contributed by atoms with Crippen LogP contribution in [-0.2, 0) is 0 Å². The predicted octanol–water partition coefficient (Wildman–Crippen LogP) is 4.38. The van der Waals surface area contributed by atoms with Crippen LogP contribution in [0.25, 0.3) is 21.8 Å². The zero-order chi connectivity index (χ0) is 19.8. The Morgan fingerprint density at radius 1 is 1.07 bits per heavy atom. The van der Waals surface area contributed by atoms with Crippen molar-refractivity contribution in [1.82, 2.24) is 14.9 Å². The molecule has 29 heavy (non-hydrogen) atoms. The minimum absolute atomic E-state index is 0.0320. The lowest BCUT2D eigenvalue weighted by molar-refractivity contribution is 0.0773. The van der Waals surface area contributed by atoms with Gasteiger partial charge in [0, 0.05) is 41.7 Å². The average molecular weight is 383 g/mol. The number of rotatable bonds is 3. The number of pyridine rings is 2. The Kier molecular flexibility index (Phi) is 4.35. The van der Waals surface area contributed by atoms with Crippen molar-refractivity contribution < 1.29 is 9.53 Å². The van der Waals surface area contributed by atoms with E-state index in [9.17, 15) is 4.79 Å². The van der Waals surface area contributed by atoms with Gasteiger partial charge >= 0.3 is 0 Å². The van der Waals surface area contributed by atoms with Gasteiger partial charge in [-0.3, -0.25) is 14.8 Å². The van der Waals surface area contributed by atoms with E-state index in [2.05, 4.69) is 9.97 Å². The molecule has 1 atom stereocenters. The number of aryl methyl sites for hydroxylation is 1. The molecule has 0 spiro atoms. The Labute approximate surface area is 169 Å². The molecule has 2 aromatic carbocycles. The molecule has 0 bridgehead atoms. The highest BCUT2D eigenvalue weighted by Crippen LogP contribution is 2.27. The second-order valence-corrected chi connectivity index (χ2v) is 7.47. The van der Waals surface area contributed by atoms with Gasteiger partial charge in [-0.1, -0.05) is 18.2 Å². The van der Waals surface area contributed by atoms with Crippen molar-refractivity contribution in [2.24, 2.45) is 0 Å². The summed E-state index contributed by atoms with van der Waals surface area (Å²) in [6.07, 6.45) is 4.35. The Morgan fingerprint density at radius 3 is 2.90 bits per heavy atom. The van der Waals surface area contributed by atoms with Gasteiger partial charge in [-0.2, -0.15) is 0 Å². The SMILES string of the molecule is Cc1ccnc2ccc(C(=O)N3CCC(Oc4cccc5cccnc45)C3)cc12. The molecule has 0 N–H and O–H groups in total. The maximum Gasteiger partial charge on any atom is 0.254 e. The smallest absolute Gasteiger partial charge is 0.254 e. The summed E-state index contributed by atoms with van der Waals surface area (Å²) >= 11 is 0. The fourth-order valence-electron chi connectivity index (χ4n) is 3.96. The zero-order valence-corrected chi connectivity index (χ0v) is 16.2. The van der Waals surface area contributed by atoms with Crippen molar-refractivity contribution in [3.8, 4) is 5.75 Å². The van der Waals surface area contributed by atoms with E-state index in [1.165, 1.54) is 0 Å². The fourth-order valence-corrected chi connectivity index (χ4v) is 3.96. The second kappa shape index (κ2) is 7.17. The maximum atomic E-state index is 13.0. The number of aromatic nitrogens is 2. The number of benzene rings is 2. The molecular formula is C24H21N3O2. The number of amides is 1. The number of likely N-dealkylation sites (tertiary alicyclic amines) is 1. The van der Waals surface area contributed by atoms with E-state index in [4.69, 9.17) is 4.74 Å². The molecule has 1 amide bonds. The topological polar surface area (TPSA) is 55.3 Å². The number of ether oxygens (including phenoxy) is 1. The lowest BCUT2D eigenvalue weighted by Crippen LogP contribution is -2.31. The number of para-hydroxylation sites is 1. The average Bonchev–Trinajstić information content (AvgIpc) is 3.22. The molecule has 144 valence electrons. The van der Waals surface area contributed by atoms with Gasteiger partial charge in [-0.15, -0.1) is 0 Å². The Morgan fingerprint density at radius 2 is 1.97 bits per heavy atom. The quantitative estimate of drug-likeness (QED) is 0.527. The molecule has 4 aromatic rings. The summed E-state index contributed by atoms with van der Waals surface area (Å²) in [6, 6.07) is 17.6. The third-order valence-corrected chi connectivity index (χ3v) is 5.53. The summed E-state index contributed by atoms with van der Waals surface area (Å²) in [5.74, 6) is 0.812. The molecule has 1 saturated heterocycles. The summed E-state index contributed by atoms with van der Waals surface area (Å²) in [6.45, 7) is 3.30. The minimum atomic E-state index is -0.0320. The summed E-state index contributed by atoms with van der Waals surface area (Å²) in [5, 5.41) is 2.07. The van der Waals surface area contributed by atoms with Crippen LogP contribution >= 0.6 is 0 Å². The van der Waals surface area contributed by atoms with Crippen LogP contribution in [-0.4, -0.2) is 40.0 Å². The number of nitrogens with zero attached hydrogens (tertiary/aromatic N) is 3. The number of carbonyl (C=O) groups excluding carboxylic acids is 1. The summed E-state index contributed by atoms with van der Waals surface area (Å²) < 4.78 is 6.23. The molecule has 2 aromatic heterocycles. The van der Waals surface area contributed by atoms with E-state index in [-0.39, 0.29) is 12.0 Å². The van der Waals surface area contributed by atoms with E-state index < -0.39 is 0 Å². The highest BCUT2D eigenvalue weighted by Gasteiger charge is 2.29. The van der Waals surface area contributed by atoms with Gasteiger partial charge < -0.3 is 9.64 Å². The molecule has 0 saturated carbocycles. The molecule has 3 heterocycles. The Balaban J connectivity index is 1.34. The fraction of sp³-hybridized carbons (Fsp3) is 0.208. The standard InChI is InChI=1S/C24H21N3O2/c1-16-9-12-25-21-8-7-18(14-20(16)21)24(28)27-13-10-19(15-27)29-22-6-2-4-17-5-3-11-26-23(17)22/h2-9,11-12,14,19H,10,13,15H2,1H3. The van der Waals surface area contributed by atoms with Crippen molar-refractivity contribution in [2.45, 2.75) is 19.4 Å². The molecule has 5 heteroatoms. The molecular weight excluding hydrogens is 362 g/mol. The number of hydrogen-bond donors (Lipinski definition) is 0. The van der Waals surface area contributed by atoms with Crippen LogP contribution < -0.4 is 4.74 Å². The first kappa shape index (κ1) is 17.6. The van der Waals surface area contributed by atoms with Crippen LogP contribution in [0.2, 0.25) is 0 Å². The molecule has 0 radical (unpaired) electrons. The largest absolute Gasteiger partial charge is 0.486 e. The highest BCUT2D eigenvalue weighted by atomic mass is 16.5. The van der Waals surface area contributed by atoms with Gasteiger partial charge in [0.15, 0.2) is 0 Å². The van der Waals surface area contributed by atoms with Gasteiger partial charge in [-0.05, 0) is 48.9 Å². The number of hydrogen-bond acceptors (Lipinski definition) is 4. The van der Waals surface area contributed by atoms with E-state index >= 15 is 0 Å². The van der Waals surface area contributed by atoms with Gasteiger partial charge in [-0.25, -0.2) is 0 Å². The molecule has 0 aliphatic carbocycles. The van der Waals surface area contributed by atoms with Crippen molar-refractivity contribution in [3.63, 3.8) is 0 Å². The molecule has 5 nitrogen and oxygen atoms in total. The van der Waals surface area contributed by atoms with Crippen LogP contribution in [0.1, 0.15) is 22.3 Å². The normalized spacial score (nSPS) is 16.4. The zero-order valence-electron chi connectivity index (χ0n) is 16.2. The van der Waals surface area contributed by atoms with Crippen molar-refractivity contribution in [3.05, 3.63) is 78.1 Å². The van der Waals surface area contributed by atoms with E-state index in [1.807, 2.05) is 66.4 Å². The first-order chi connectivity index (χ1) is 14.2. The van der Waals surface area contributed by atoms with Crippen molar-refractivity contribution in [1.29, 1.82) is 0 Å². The molecule has 1 fully saturated rings. The lowest BCUT2D eigenvalue weighted by atomic mass is 10.1. The Bertz CT molecular complexity index is 1220. The summed E-state index contributed by atoms with van der Waals surface area (Å²) in [5.41, 5.74) is 3.58. The predicted molar refractivity (Wildman–Crippen MR) is 113 cm³/mol.